The van der Waals surface area contributed by atoms with Gasteiger partial charge in [-0.25, -0.2) is 15.0 Å². The van der Waals surface area contributed by atoms with E-state index in [-0.39, 0.29) is 10.8 Å². The summed E-state index contributed by atoms with van der Waals surface area (Å²) in [5, 5.41) is -0.0651. The van der Waals surface area contributed by atoms with Gasteiger partial charge in [0.1, 0.15) is 4.60 Å². The van der Waals surface area contributed by atoms with Gasteiger partial charge in [0, 0.05) is 13.2 Å². The number of sulfonamides is 1. The quantitative estimate of drug-likeness (QED) is 0.903. The van der Waals surface area contributed by atoms with Crippen molar-refractivity contribution in [3.05, 3.63) is 29.5 Å². The minimum absolute atomic E-state index is 0.0651. The zero-order valence-corrected chi connectivity index (χ0v) is 11.1. The van der Waals surface area contributed by atoms with Crippen molar-refractivity contribution in [1.82, 2.24) is 19.5 Å². The first kappa shape index (κ1) is 12.0. The molecule has 0 aliphatic rings. The average Bonchev–Trinajstić information content (AvgIpc) is 2.69. The lowest BCUT2D eigenvalue weighted by atomic mass is 10.7. The second-order valence-electron chi connectivity index (χ2n) is 3.21. The maximum absolute atomic E-state index is 11.8. The van der Waals surface area contributed by atoms with Crippen LogP contribution in [0.15, 0.2) is 34.5 Å². The van der Waals surface area contributed by atoms with Crippen LogP contribution in [-0.2, 0) is 17.1 Å². The second-order valence-corrected chi connectivity index (χ2v) is 5.65. The Balaban J connectivity index is 2.26. The lowest BCUT2D eigenvalue weighted by Gasteiger charge is -2.03. The molecule has 0 amide bonds. The van der Waals surface area contributed by atoms with Crippen LogP contribution in [0.2, 0.25) is 0 Å². The van der Waals surface area contributed by atoms with Gasteiger partial charge < -0.3 is 4.57 Å². The SMILES string of the molecule is Cn1cnc(S(=O)(=O)Nc2cnc(Br)cn2)c1. The number of anilines is 1. The number of aromatic nitrogens is 4. The molecule has 0 saturated carbocycles. The molecule has 0 fully saturated rings. The Bertz CT molecular complexity index is 622. The lowest BCUT2D eigenvalue weighted by Crippen LogP contribution is -2.14. The molecule has 0 aliphatic heterocycles. The fourth-order valence-electron chi connectivity index (χ4n) is 1.08. The van der Waals surface area contributed by atoms with Crippen molar-refractivity contribution in [2.45, 2.75) is 5.03 Å². The molecule has 2 aromatic rings. The van der Waals surface area contributed by atoms with E-state index >= 15 is 0 Å². The minimum Gasteiger partial charge on any atom is -0.339 e. The number of hydrogen-bond donors (Lipinski definition) is 1. The van der Waals surface area contributed by atoms with Gasteiger partial charge in [-0.2, -0.15) is 8.42 Å². The van der Waals surface area contributed by atoms with E-state index in [0.29, 0.717) is 4.60 Å². The first-order valence-corrected chi connectivity index (χ1v) is 6.73. The van der Waals surface area contributed by atoms with Gasteiger partial charge in [0.05, 0.1) is 18.7 Å². The molecule has 0 atom stereocenters. The third-order valence-corrected chi connectivity index (χ3v) is 3.46. The van der Waals surface area contributed by atoms with Gasteiger partial charge in [0.25, 0.3) is 10.0 Å². The lowest BCUT2D eigenvalue weighted by molar-refractivity contribution is 0.598. The third kappa shape index (κ3) is 2.80. The van der Waals surface area contributed by atoms with Crippen LogP contribution < -0.4 is 4.72 Å². The van der Waals surface area contributed by atoms with Crippen molar-refractivity contribution in [3.63, 3.8) is 0 Å². The van der Waals surface area contributed by atoms with Gasteiger partial charge in [-0.15, -0.1) is 0 Å². The van der Waals surface area contributed by atoms with E-state index in [2.05, 4.69) is 35.6 Å². The Morgan fingerprint density at radius 2 is 2.06 bits per heavy atom. The van der Waals surface area contributed by atoms with Crippen LogP contribution in [0.25, 0.3) is 0 Å². The van der Waals surface area contributed by atoms with Gasteiger partial charge in [-0.3, -0.25) is 4.72 Å². The molecule has 0 aromatic carbocycles. The number of rotatable bonds is 3. The first-order valence-electron chi connectivity index (χ1n) is 4.46. The summed E-state index contributed by atoms with van der Waals surface area (Å²) in [4.78, 5) is 11.5. The van der Waals surface area contributed by atoms with Crippen molar-refractivity contribution < 1.29 is 8.42 Å². The summed E-state index contributed by atoms with van der Waals surface area (Å²) < 4.78 is 28.0. The molecule has 0 bridgehead atoms. The Labute approximate surface area is 106 Å². The van der Waals surface area contributed by atoms with E-state index in [0.717, 1.165) is 0 Å². The summed E-state index contributed by atoms with van der Waals surface area (Å²) in [6, 6.07) is 0. The van der Waals surface area contributed by atoms with Crippen LogP contribution in [0, 0.1) is 0 Å². The van der Waals surface area contributed by atoms with Gasteiger partial charge in [-0.1, -0.05) is 0 Å². The van der Waals surface area contributed by atoms with Crippen LogP contribution in [0.1, 0.15) is 0 Å². The maximum Gasteiger partial charge on any atom is 0.282 e. The largest absolute Gasteiger partial charge is 0.339 e. The summed E-state index contributed by atoms with van der Waals surface area (Å²) in [6.45, 7) is 0. The van der Waals surface area contributed by atoms with Crippen molar-refractivity contribution in [1.29, 1.82) is 0 Å². The van der Waals surface area contributed by atoms with Gasteiger partial charge >= 0.3 is 0 Å². The molecule has 7 nitrogen and oxygen atoms in total. The molecule has 0 aliphatic carbocycles. The topological polar surface area (TPSA) is 89.8 Å². The molecule has 2 aromatic heterocycles. The zero-order valence-electron chi connectivity index (χ0n) is 8.70. The highest BCUT2D eigenvalue weighted by Crippen LogP contribution is 2.12. The monoisotopic (exact) mass is 317 g/mol. The predicted octanol–water partition coefficient (Wildman–Crippen LogP) is 0.773. The highest BCUT2D eigenvalue weighted by Gasteiger charge is 2.17. The summed E-state index contributed by atoms with van der Waals surface area (Å²) in [5.41, 5.74) is 0. The van der Waals surface area contributed by atoms with Crippen LogP contribution >= 0.6 is 15.9 Å². The summed E-state index contributed by atoms with van der Waals surface area (Å²) in [5.74, 6) is 0.138. The maximum atomic E-state index is 11.8. The minimum atomic E-state index is -3.71. The highest BCUT2D eigenvalue weighted by atomic mass is 79.9. The van der Waals surface area contributed by atoms with E-state index in [4.69, 9.17) is 0 Å². The number of nitrogens with one attached hydrogen (secondary N) is 1. The van der Waals surface area contributed by atoms with E-state index in [1.165, 1.54) is 24.9 Å². The Kier molecular flexibility index (Phi) is 3.11. The van der Waals surface area contributed by atoms with Gasteiger partial charge in [-0.05, 0) is 15.9 Å². The van der Waals surface area contributed by atoms with Crippen LogP contribution in [0.5, 0.6) is 0 Å². The van der Waals surface area contributed by atoms with Gasteiger partial charge in [0.2, 0.25) is 0 Å². The number of hydrogen-bond acceptors (Lipinski definition) is 5. The Morgan fingerprint density at radius 3 is 2.59 bits per heavy atom. The third-order valence-electron chi connectivity index (χ3n) is 1.82. The fourth-order valence-corrected chi connectivity index (χ4v) is 2.26. The molecule has 1 N–H and O–H groups in total. The van der Waals surface area contributed by atoms with E-state index < -0.39 is 10.0 Å². The molecule has 0 spiro atoms. The van der Waals surface area contributed by atoms with Crippen molar-refractivity contribution in [2.75, 3.05) is 4.72 Å². The first-order chi connectivity index (χ1) is 7.97. The molecule has 17 heavy (non-hydrogen) atoms. The molecule has 0 saturated heterocycles. The van der Waals surface area contributed by atoms with Crippen LogP contribution in [0.3, 0.4) is 0 Å². The molecule has 0 unspecified atom stereocenters. The standard InChI is InChI=1S/C8H8BrN5O2S/c1-14-4-8(12-5-14)17(15,16)13-7-3-10-6(9)2-11-7/h2-5H,1H3,(H,11,13). The Morgan fingerprint density at radius 1 is 1.29 bits per heavy atom. The van der Waals surface area contributed by atoms with E-state index in [1.807, 2.05) is 0 Å². The van der Waals surface area contributed by atoms with Crippen molar-refractivity contribution in [3.8, 4) is 0 Å². The van der Waals surface area contributed by atoms with Crippen molar-refractivity contribution in [2.24, 2.45) is 7.05 Å². The summed E-state index contributed by atoms with van der Waals surface area (Å²) in [6.07, 6.45) is 5.51. The fraction of sp³-hybridized carbons (Fsp3) is 0.125. The smallest absolute Gasteiger partial charge is 0.282 e. The normalized spacial score (nSPS) is 11.4. The summed E-state index contributed by atoms with van der Waals surface area (Å²) >= 11 is 3.11. The number of imidazole rings is 1. The van der Waals surface area contributed by atoms with E-state index in [1.54, 1.807) is 11.6 Å². The van der Waals surface area contributed by atoms with Crippen LogP contribution in [0.4, 0.5) is 5.82 Å². The molecule has 90 valence electrons. The molecule has 9 heteroatoms. The highest BCUT2D eigenvalue weighted by molar-refractivity contribution is 9.10. The number of aryl methyl sites for hydroxylation is 1. The summed E-state index contributed by atoms with van der Waals surface area (Å²) in [7, 11) is -2.02. The Hall–Kier alpha value is -1.48. The van der Waals surface area contributed by atoms with Gasteiger partial charge in [0.15, 0.2) is 10.8 Å². The van der Waals surface area contributed by atoms with Crippen LogP contribution in [-0.4, -0.2) is 27.9 Å². The second kappa shape index (κ2) is 4.41. The van der Waals surface area contributed by atoms with E-state index in [9.17, 15) is 8.42 Å². The number of halogens is 1. The molecule has 2 heterocycles. The predicted molar refractivity (Wildman–Crippen MR) is 63.7 cm³/mol. The average molecular weight is 318 g/mol. The molecule has 2 rings (SSSR count). The molecular formula is C8H8BrN5O2S. The van der Waals surface area contributed by atoms with Crippen molar-refractivity contribution >= 4 is 31.8 Å². The zero-order chi connectivity index (χ0) is 12.5. The molecular weight excluding hydrogens is 310 g/mol. The molecule has 0 radical (unpaired) electrons. The number of nitrogens with zero attached hydrogens (tertiary/aromatic N) is 4.